The average molecular weight is 511 g/mol. The fourth-order valence-electron chi connectivity index (χ4n) is 3.62. The van der Waals surface area contributed by atoms with Crippen molar-refractivity contribution in [3.63, 3.8) is 0 Å². The highest BCUT2D eigenvalue weighted by Crippen LogP contribution is 2.28. The molecule has 0 aliphatic carbocycles. The summed E-state index contributed by atoms with van der Waals surface area (Å²) in [6.45, 7) is 1.51. The van der Waals surface area contributed by atoms with Crippen molar-refractivity contribution in [3.8, 4) is 17.5 Å². The number of imide groups is 1. The zero-order valence-electron chi connectivity index (χ0n) is 18.3. The fourth-order valence-corrected chi connectivity index (χ4v) is 4.40. The first kappa shape index (κ1) is 23.1. The van der Waals surface area contributed by atoms with Crippen LogP contribution in [0.2, 0.25) is 5.02 Å². The molecule has 178 valence electrons. The predicted octanol–water partition coefficient (Wildman–Crippen LogP) is 4.08. The number of nitrogens with one attached hydrogen (secondary N) is 1. The Labute approximate surface area is 209 Å². The molecule has 0 radical (unpaired) electrons. The molecular weight excluding hydrogens is 492 g/mol. The molecular formula is C23H19ClN6O4S. The zero-order chi connectivity index (χ0) is 24.2. The normalized spacial score (nSPS) is 17.5. The Bertz CT molecular complexity index is 1280. The number of thioether (sulfide) groups is 1. The minimum absolute atomic E-state index is 0.00554. The fraction of sp³-hybridized carbons (Fsp3) is 0.217. The number of amides is 2. The summed E-state index contributed by atoms with van der Waals surface area (Å²) in [6.07, 6.45) is 7.77. The lowest BCUT2D eigenvalue weighted by Crippen LogP contribution is -2.39. The summed E-state index contributed by atoms with van der Waals surface area (Å²) in [7, 11) is 0. The van der Waals surface area contributed by atoms with Gasteiger partial charge in [0.15, 0.2) is 0 Å². The Hall–Kier alpha value is -3.70. The lowest BCUT2D eigenvalue weighted by molar-refractivity contribution is -0.115. The number of carbonyl (C=O) groups is 2. The second kappa shape index (κ2) is 10.3. The minimum atomic E-state index is -0.407. The van der Waals surface area contributed by atoms with Crippen molar-refractivity contribution < 1.29 is 19.1 Å². The van der Waals surface area contributed by atoms with Crippen LogP contribution < -0.4 is 19.7 Å². The van der Waals surface area contributed by atoms with Crippen molar-refractivity contribution in [1.82, 2.24) is 25.3 Å². The van der Waals surface area contributed by atoms with Crippen LogP contribution in [0.15, 0.2) is 54.0 Å². The molecule has 2 saturated heterocycles. The van der Waals surface area contributed by atoms with Crippen LogP contribution in [-0.4, -0.2) is 50.3 Å². The lowest BCUT2D eigenvalue weighted by Gasteiger charge is -2.31. The molecule has 2 amide bonds. The van der Waals surface area contributed by atoms with Crippen LogP contribution in [-0.2, 0) is 4.79 Å². The van der Waals surface area contributed by atoms with Crippen LogP contribution in [0, 0.1) is 0 Å². The van der Waals surface area contributed by atoms with Gasteiger partial charge >= 0.3 is 0 Å². The third-order valence-electron chi connectivity index (χ3n) is 5.26. The number of nitrogens with zero attached hydrogens (tertiary/aromatic N) is 5. The molecule has 0 bridgehead atoms. The average Bonchev–Trinajstić information content (AvgIpc) is 3.17. The Balaban J connectivity index is 1.19. The summed E-state index contributed by atoms with van der Waals surface area (Å²) in [5.74, 6) is 1.52. The van der Waals surface area contributed by atoms with Gasteiger partial charge < -0.3 is 14.4 Å². The molecule has 2 fully saturated rings. The standard InChI is InChI=1S/C23H19ClN6O4S/c24-15-11-25-22(26-12-15)30-6-4-16(5-7-30)33-19-10-20(28-13-27-19)34-17-3-1-2-14(8-17)9-18-21(31)29-23(32)35-18/h1-3,8-13,16H,4-7H2,(H,29,31,32)/b18-9-. The maximum absolute atomic E-state index is 11.8. The smallest absolute Gasteiger partial charge is 0.290 e. The van der Waals surface area contributed by atoms with Crippen molar-refractivity contribution in [1.29, 1.82) is 0 Å². The summed E-state index contributed by atoms with van der Waals surface area (Å²) in [6, 6.07) is 8.76. The second-order valence-corrected chi connectivity index (χ2v) is 9.18. The molecule has 3 aromatic rings. The number of piperidine rings is 1. The van der Waals surface area contributed by atoms with Gasteiger partial charge in [-0.1, -0.05) is 23.7 Å². The van der Waals surface area contributed by atoms with Crippen molar-refractivity contribution >= 4 is 46.5 Å². The van der Waals surface area contributed by atoms with Gasteiger partial charge in [-0.3, -0.25) is 14.9 Å². The first-order valence-electron chi connectivity index (χ1n) is 10.8. The van der Waals surface area contributed by atoms with Gasteiger partial charge in [0.1, 0.15) is 18.2 Å². The van der Waals surface area contributed by atoms with Crippen molar-refractivity contribution in [2.24, 2.45) is 0 Å². The van der Waals surface area contributed by atoms with E-state index in [1.165, 1.54) is 6.33 Å². The number of benzene rings is 1. The van der Waals surface area contributed by atoms with E-state index in [0.717, 1.165) is 43.3 Å². The molecule has 1 aromatic carbocycles. The molecule has 1 N–H and O–H groups in total. The summed E-state index contributed by atoms with van der Waals surface area (Å²) in [5.41, 5.74) is 0.719. The molecule has 2 aromatic heterocycles. The largest absolute Gasteiger partial charge is 0.474 e. The van der Waals surface area contributed by atoms with Gasteiger partial charge in [-0.05, 0) is 35.5 Å². The third-order valence-corrected chi connectivity index (χ3v) is 6.26. The van der Waals surface area contributed by atoms with E-state index >= 15 is 0 Å². The SMILES string of the molecule is O=C1NC(=O)/C(=C/c2cccc(Oc3cc(OC4CCN(c5ncc(Cl)cn5)CC4)ncn3)c2)S1. The number of carbonyl (C=O) groups excluding carboxylic acids is 2. The summed E-state index contributed by atoms with van der Waals surface area (Å²) >= 11 is 6.73. The highest BCUT2D eigenvalue weighted by molar-refractivity contribution is 8.18. The molecule has 10 nitrogen and oxygen atoms in total. The molecule has 0 unspecified atom stereocenters. The van der Waals surface area contributed by atoms with E-state index in [1.54, 1.807) is 42.7 Å². The Kier molecular flexibility index (Phi) is 6.77. The molecule has 5 rings (SSSR count). The topological polar surface area (TPSA) is 119 Å². The molecule has 2 aliphatic heterocycles. The van der Waals surface area contributed by atoms with Crippen LogP contribution in [0.5, 0.6) is 17.5 Å². The van der Waals surface area contributed by atoms with Crippen LogP contribution in [0.4, 0.5) is 10.7 Å². The van der Waals surface area contributed by atoms with Crippen molar-refractivity contribution in [2.75, 3.05) is 18.0 Å². The number of hydrogen-bond acceptors (Lipinski definition) is 10. The zero-order valence-corrected chi connectivity index (χ0v) is 19.8. The van der Waals surface area contributed by atoms with Gasteiger partial charge in [0, 0.05) is 25.9 Å². The Morgan fingerprint density at radius 3 is 2.57 bits per heavy atom. The van der Waals surface area contributed by atoms with Crippen molar-refractivity contribution in [2.45, 2.75) is 18.9 Å². The maximum atomic E-state index is 11.8. The van der Waals surface area contributed by atoms with E-state index in [1.807, 2.05) is 6.07 Å². The maximum Gasteiger partial charge on any atom is 0.290 e. The number of halogens is 1. The quantitative estimate of drug-likeness (QED) is 0.485. The van der Waals surface area contributed by atoms with E-state index in [4.69, 9.17) is 21.1 Å². The first-order chi connectivity index (χ1) is 17.0. The predicted molar refractivity (Wildman–Crippen MR) is 131 cm³/mol. The van der Waals surface area contributed by atoms with E-state index in [9.17, 15) is 9.59 Å². The highest BCUT2D eigenvalue weighted by Gasteiger charge is 2.25. The highest BCUT2D eigenvalue weighted by atomic mass is 35.5. The number of rotatable bonds is 6. The van der Waals surface area contributed by atoms with E-state index in [-0.39, 0.29) is 11.3 Å². The molecule has 0 atom stereocenters. The summed E-state index contributed by atoms with van der Waals surface area (Å²) in [5, 5.41) is 2.36. The first-order valence-corrected chi connectivity index (χ1v) is 12.0. The van der Waals surface area contributed by atoms with Crippen LogP contribution in [0.25, 0.3) is 6.08 Å². The van der Waals surface area contributed by atoms with Crippen LogP contribution in [0.1, 0.15) is 18.4 Å². The molecule has 12 heteroatoms. The van der Waals surface area contributed by atoms with E-state index < -0.39 is 5.91 Å². The molecule has 35 heavy (non-hydrogen) atoms. The van der Waals surface area contributed by atoms with Crippen molar-refractivity contribution in [3.05, 3.63) is 64.5 Å². The minimum Gasteiger partial charge on any atom is -0.474 e. The van der Waals surface area contributed by atoms with E-state index in [2.05, 4.69) is 30.2 Å². The Morgan fingerprint density at radius 2 is 1.83 bits per heavy atom. The molecule has 4 heterocycles. The van der Waals surface area contributed by atoms with Gasteiger partial charge in [0.2, 0.25) is 17.7 Å². The van der Waals surface area contributed by atoms with Gasteiger partial charge in [-0.25, -0.2) is 19.9 Å². The number of ether oxygens (including phenoxy) is 2. The summed E-state index contributed by atoms with van der Waals surface area (Å²) < 4.78 is 11.9. The number of hydrogen-bond donors (Lipinski definition) is 1. The second-order valence-electron chi connectivity index (χ2n) is 7.73. The van der Waals surface area contributed by atoms with E-state index in [0.29, 0.717) is 33.4 Å². The summed E-state index contributed by atoms with van der Waals surface area (Å²) in [4.78, 5) is 42.5. The van der Waals surface area contributed by atoms with Crippen LogP contribution >= 0.6 is 23.4 Å². The third kappa shape index (κ3) is 5.87. The molecule has 0 saturated carbocycles. The number of aromatic nitrogens is 4. The van der Waals surface area contributed by atoms with Gasteiger partial charge in [0.25, 0.3) is 11.1 Å². The lowest BCUT2D eigenvalue weighted by atomic mass is 10.1. The molecule has 2 aliphatic rings. The molecule has 0 spiro atoms. The Morgan fingerprint density at radius 1 is 1.06 bits per heavy atom. The monoisotopic (exact) mass is 510 g/mol. The van der Waals surface area contributed by atoms with Gasteiger partial charge in [-0.2, -0.15) is 0 Å². The number of anilines is 1. The van der Waals surface area contributed by atoms with Gasteiger partial charge in [-0.15, -0.1) is 0 Å². The van der Waals surface area contributed by atoms with Gasteiger partial charge in [0.05, 0.1) is 28.4 Å². The van der Waals surface area contributed by atoms with Crippen LogP contribution in [0.3, 0.4) is 0 Å².